The SMILES string of the molecule is CCN(CC)CC(C)(CC)CNC(C)C. The van der Waals surface area contributed by atoms with Crippen molar-refractivity contribution < 1.29 is 0 Å². The molecule has 0 aromatic heterocycles. The van der Waals surface area contributed by atoms with Gasteiger partial charge in [0.05, 0.1) is 0 Å². The molecule has 0 bridgehead atoms. The van der Waals surface area contributed by atoms with Gasteiger partial charge in [0, 0.05) is 19.1 Å². The molecule has 92 valence electrons. The first-order valence-corrected chi connectivity index (χ1v) is 6.43. The molecule has 2 nitrogen and oxygen atoms in total. The minimum atomic E-state index is 0.413. The summed E-state index contributed by atoms with van der Waals surface area (Å²) in [6, 6.07) is 0.590. The van der Waals surface area contributed by atoms with Gasteiger partial charge in [0.1, 0.15) is 0 Å². The van der Waals surface area contributed by atoms with Crippen LogP contribution < -0.4 is 5.32 Å². The Labute approximate surface area is 96.4 Å². The lowest BCUT2D eigenvalue weighted by atomic mass is 9.86. The maximum Gasteiger partial charge on any atom is 0.00471 e. The Morgan fingerprint density at radius 1 is 1.13 bits per heavy atom. The lowest BCUT2D eigenvalue weighted by Gasteiger charge is -2.35. The van der Waals surface area contributed by atoms with Crippen molar-refractivity contribution in [2.24, 2.45) is 5.41 Å². The summed E-state index contributed by atoms with van der Waals surface area (Å²) in [7, 11) is 0. The summed E-state index contributed by atoms with van der Waals surface area (Å²) in [6.45, 7) is 18.3. The van der Waals surface area contributed by atoms with E-state index >= 15 is 0 Å². The van der Waals surface area contributed by atoms with Gasteiger partial charge in [-0.05, 0) is 24.9 Å². The average Bonchev–Trinajstić information content (AvgIpc) is 2.23. The Kier molecular flexibility index (Phi) is 7.20. The average molecular weight is 214 g/mol. The van der Waals surface area contributed by atoms with E-state index in [1.165, 1.54) is 13.0 Å². The van der Waals surface area contributed by atoms with Gasteiger partial charge in [0.25, 0.3) is 0 Å². The maximum atomic E-state index is 3.56. The summed E-state index contributed by atoms with van der Waals surface area (Å²) in [4.78, 5) is 2.52. The van der Waals surface area contributed by atoms with E-state index in [9.17, 15) is 0 Å². The summed E-state index contributed by atoms with van der Waals surface area (Å²) in [6.07, 6.45) is 1.24. The Bertz CT molecular complexity index is 153. The molecule has 0 radical (unpaired) electrons. The van der Waals surface area contributed by atoms with Crippen molar-refractivity contribution in [3.05, 3.63) is 0 Å². The molecule has 1 N–H and O–H groups in total. The molecule has 0 aliphatic rings. The van der Waals surface area contributed by atoms with Crippen LogP contribution >= 0.6 is 0 Å². The van der Waals surface area contributed by atoms with Crippen molar-refractivity contribution in [3.8, 4) is 0 Å². The predicted octanol–water partition coefficient (Wildman–Crippen LogP) is 2.74. The molecule has 0 saturated heterocycles. The third-order valence-electron chi connectivity index (χ3n) is 3.29. The molecule has 0 aliphatic heterocycles. The molecular weight excluding hydrogens is 184 g/mol. The number of hydrogen-bond donors (Lipinski definition) is 1. The van der Waals surface area contributed by atoms with Gasteiger partial charge in [-0.1, -0.05) is 41.5 Å². The first-order chi connectivity index (χ1) is 6.97. The number of nitrogens with zero attached hydrogens (tertiary/aromatic N) is 1. The van der Waals surface area contributed by atoms with Gasteiger partial charge in [0.2, 0.25) is 0 Å². The quantitative estimate of drug-likeness (QED) is 0.668. The van der Waals surface area contributed by atoms with Gasteiger partial charge in [-0.15, -0.1) is 0 Å². The minimum Gasteiger partial charge on any atom is -0.314 e. The minimum absolute atomic E-state index is 0.413. The monoisotopic (exact) mass is 214 g/mol. The molecule has 0 rings (SSSR count). The third kappa shape index (κ3) is 6.16. The predicted molar refractivity (Wildman–Crippen MR) is 69.3 cm³/mol. The van der Waals surface area contributed by atoms with Crippen LogP contribution in [0.5, 0.6) is 0 Å². The fourth-order valence-corrected chi connectivity index (χ4v) is 1.73. The van der Waals surface area contributed by atoms with E-state index in [2.05, 4.69) is 51.8 Å². The summed E-state index contributed by atoms with van der Waals surface area (Å²) >= 11 is 0. The van der Waals surface area contributed by atoms with Gasteiger partial charge in [-0.2, -0.15) is 0 Å². The normalized spacial score (nSPS) is 16.0. The molecule has 0 aromatic carbocycles. The van der Waals surface area contributed by atoms with E-state index < -0.39 is 0 Å². The molecular formula is C13H30N2. The van der Waals surface area contributed by atoms with Gasteiger partial charge in [-0.3, -0.25) is 0 Å². The highest BCUT2D eigenvalue weighted by molar-refractivity contribution is 4.79. The van der Waals surface area contributed by atoms with Crippen LogP contribution in [0.3, 0.4) is 0 Å². The molecule has 0 spiro atoms. The largest absolute Gasteiger partial charge is 0.314 e. The van der Waals surface area contributed by atoms with Gasteiger partial charge < -0.3 is 10.2 Å². The summed E-state index contributed by atoms with van der Waals surface area (Å²) in [5, 5.41) is 3.56. The van der Waals surface area contributed by atoms with E-state index in [1.54, 1.807) is 0 Å². The summed E-state index contributed by atoms with van der Waals surface area (Å²) in [5.74, 6) is 0. The molecule has 0 amide bonds. The fraction of sp³-hybridized carbons (Fsp3) is 1.00. The Morgan fingerprint density at radius 3 is 2.00 bits per heavy atom. The van der Waals surface area contributed by atoms with Crippen LogP contribution in [0.4, 0.5) is 0 Å². The van der Waals surface area contributed by atoms with Crippen molar-refractivity contribution in [1.82, 2.24) is 10.2 Å². The molecule has 15 heavy (non-hydrogen) atoms. The van der Waals surface area contributed by atoms with Crippen LogP contribution in [0.15, 0.2) is 0 Å². The second kappa shape index (κ2) is 7.24. The Hall–Kier alpha value is -0.0800. The van der Waals surface area contributed by atoms with Crippen molar-refractivity contribution in [2.45, 2.75) is 54.0 Å². The molecule has 2 heteroatoms. The Balaban J connectivity index is 4.16. The van der Waals surface area contributed by atoms with Crippen molar-refractivity contribution in [3.63, 3.8) is 0 Å². The third-order valence-corrected chi connectivity index (χ3v) is 3.29. The first kappa shape index (κ1) is 14.9. The van der Waals surface area contributed by atoms with E-state index in [-0.39, 0.29) is 0 Å². The van der Waals surface area contributed by atoms with Crippen LogP contribution in [0.1, 0.15) is 48.0 Å². The number of nitrogens with one attached hydrogen (secondary N) is 1. The molecule has 1 atom stereocenters. The summed E-state index contributed by atoms with van der Waals surface area (Å²) < 4.78 is 0. The van der Waals surface area contributed by atoms with E-state index in [0.29, 0.717) is 11.5 Å². The highest BCUT2D eigenvalue weighted by Gasteiger charge is 2.24. The fourth-order valence-electron chi connectivity index (χ4n) is 1.73. The van der Waals surface area contributed by atoms with Crippen LogP contribution in [-0.4, -0.2) is 37.1 Å². The van der Waals surface area contributed by atoms with Crippen molar-refractivity contribution >= 4 is 0 Å². The van der Waals surface area contributed by atoms with Gasteiger partial charge in [-0.25, -0.2) is 0 Å². The molecule has 1 unspecified atom stereocenters. The first-order valence-electron chi connectivity index (χ1n) is 6.43. The van der Waals surface area contributed by atoms with E-state index in [4.69, 9.17) is 0 Å². The Morgan fingerprint density at radius 2 is 1.67 bits per heavy atom. The standard InChI is InChI=1S/C13H30N2/c1-7-13(6,10-14-12(4)5)11-15(8-2)9-3/h12,14H,7-11H2,1-6H3. The molecule has 0 saturated carbocycles. The van der Waals surface area contributed by atoms with Crippen LogP contribution in [0.25, 0.3) is 0 Å². The zero-order valence-corrected chi connectivity index (χ0v) is 11.6. The second-order valence-corrected chi connectivity index (χ2v) is 5.16. The zero-order chi connectivity index (χ0) is 11.9. The van der Waals surface area contributed by atoms with Crippen LogP contribution in [0.2, 0.25) is 0 Å². The highest BCUT2D eigenvalue weighted by Crippen LogP contribution is 2.21. The molecule has 0 fully saturated rings. The number of rotatable bonds is 8. The van der Waals surface area contributed by atoms with Crippen molar-refractivity contribution in [1.29, 1.82) is 0 Å². The van der Waals surface area contributed by atoms with Gasteiger partial charge >= 0.3 is 0 Å². The smallest absolute Gasteiger partial charge is 0.00471 e. The maximum absolute atomic E-state index is 3.56. The molecule has 0 aromatic rings. The molecule has 0 aliphatic carbocycles. The zero-order valence-electron chi connectivity index (χ0n) is 11.6. The van der Waals surface area contributed by atoms with E-state index in [1.807, 2.05) is 0 Å². The van der Waals surface area contributed by atoms with Crippen molar-refractivity contribution in [2.75, 3.05) is 26.2 Å². The lowest BCUT2D eigenvalue weighted by Crippen LogP contribution is -2.43. The van der Waals surface area contributed by atoms with Crippen LogP contribution in [-0.2, 0) is 0 Å². The molecule has 0 heterocycles. The number of hydrogen-bond acceptors (Lipinski definition) is 2. The van der Waals surface area contributed by atoms with Crippen LogP contribution in [0, 0.1) is 5.41 Å². The topological polar surface area (TPSA) is 15.3 Å². The second-order valence-electron chi connectivity index (χ2n) is 5.16. The van der Waals surface area contributed by atoms with E-state index in [0.717, 1.165) is 19.6 Å². The highest BCUT2D eigenvalue weighted by atomic mass is 15.1. The van der Waals surface area contributed by atoms with Gasteiger partial charge in [0.15, 0.2) is 0 Å². The summed E-state index contributed by atoms with van der Waals surface area (Å²) in [5.41, 5.74) is 0.413. The lowest BCUT2D eigenvalue weighted by molar-refractivity contribution is 0.163.